The summed E-state index contributed by atoms with van der Waals surface area (Å²) in [7, 11) is 3.36. The van der Waals surface area contributed by atoms with Gasteiger partial charge >= 0.3 is 6.03 Å². The Balaban J connectivity index is 0.808. The van der Waals surface area contributed by atoms with Crippen LogP contribution >= 0.6 is 11.3 Å². The summed E-state index contributed by atoms with van der Waals surface area (Å²) in [6.07, 6.45) is 3.87. The van der Waals surface area contributed by atoms with Gasteiger partial charge in [-0.2, -0.15) is 10.2 Å². The number of aryl methyl sites for hydroxylation is 3. The number of benzene rings is 2. The number of aromatic nitrogens is 4. The number of halogens is 2. The molecule has 2 fully saturated rings. The van der Waals surface area contributed by atoms with E-state index in [4.69, 9.17) is 5.10 Å². The van der Waals surface area contributed by atoms with Crippen molar-refractivity contribution in [3.63, 3.8) is 0 Å². The highest BCUT2D eigenvalue weighted by molar-refractivity contribution is 7.13. The van der Waals surface area contributed by atoms with Crippen LogP contribution in [0.3, 0.4) is 0 Å². The molecule has 400 valence electrons. The van der Waals surface area contributed by atoms with Crippen LogP contribution in [0.5, 0.6) is 0 Å². The van der Waals surface area contributed by atoms with Gasteiger partial charge in [-0.1, -0.05) is 45.0 Å². The molecule has 1 aliphatic carbocycles. The van der Waals surface area contributed by atoms with Crippen molar-refractivity contribution in [2.75, 3.05) is 38.1 Å². The number of carbonyl (C=O) groups excluding carboxylic acids is 5. The van der Waals surface area contributed by atoms with Gasteiger partial charge in [0.25, 0.3) is 6.43 Å². The Morgan fingerprint density at radius 1 is 0.920 bits per heavy atom. The first kappa shape index (κ1) is 53.4. The molecule has 1 unspecified atom stereocenters. The summed E-state index contributed by atoms with van der Waals surface area (Å²) in [5.41, 5.74) is 7.07. The van der Waals surface area contributed by atoms with Crippen molar-refractivity contribution in [2.24, 2.45) is 24.3 Å². The summed E-state index contributed by atoms with van der Waals surface area (Å²) in [6.45, 7) is 10.3. The van der Waals surface area contributed by atoms with Crippen LogP contribution in [0.15, 0.2) is 60.2 Å². The molecule has 4 N–H and O–H groups in total. The molecule has 0 spiro atoms. The van der Waals surface area contributed by atoms with Crippen LogP contribution in [-0.2, 0) is 52.2 Å². The Kier molecular flexibility index (Phi) is 15.9. The van der Waals surface area contributed by atoms with Gasteiger partial charge in [-0.15, -0.1) is 11.3 Å². The average Bonchev–Trinajstić information content (AvgIpc) is 4.23. The standard InChI is InChI=1S/C56H70F2N10O6S/c1-33-19-24-75-50(33)35-14-12-34(13-15-35)29-60-54(73)43-27-39(69)26-41(43)49(72)51(56(2,3)4)62-47(70)10-7-11-48(71)65-21-16-38(17-22-65)68-45-18-23-66(55(74)59-5)32-44(45)53(63-68)67-20-8-9-36-25-40(37-30-61-64(6)31-37)42(52(57)58)28-46(36)67/h12-15,19,24-25,28,30-31,38-39,41,43,51-52,69H,7-11,16-18,20-23,26-27,29,32H2,1-6H3,(H,59,74)(H,60,73)(H,62,70)/t39-,41?,43+,51+/m0/s1. The minimum absolute atomic E-state index is 0.0304. The highest BCUT2D eigenvalue weighted by atomic mass is 32.1. The molecule has 2 aromatic carbocycles. The average molecular weight is 1050 g/mol. The van der Waals surface area contributed by atoms with Gasteiger partial charge in [0.05, 0.1) is 36.8 Å². The second kappa shape index (κ2) is 22.4. The van der Waals surface area contributed by atoms with E-state index in [1.54, 1.807) is 53.5 Å². The minimum atomic E-state index is -2.72. The maximum Gasteiger partial charge on any atom is 0.317 e. The molecular formula is C56H70F2N10O6S. The molecule has 5 amide bonds. The number of rotatable bonds is 15. The third-order valence-electron chi connectivity index (χ3n) is 15.6. The Morgan fingerprint density at radius 2 is 1.67 bits per heavy atom. The molecule has 1 saturated heterocycles. The molecule has 4 atom stereocenters. The summed E-state index contributed by atoms with van der Waals surface area (Å²) in [6, 6.07) is 12.4. The second-order valence-electron chi connectivity index (χ2n) is 21.9. The first-order chi connectivity index (χ1) is 35.9. The van der Waals surface area contributed by atoms with E-state index in [1.807, 2.05) is 60.9 Å². The molecule has 5 aromatic rings. The predicted octanol–water partition coefficient (Wildman–Crippen LogP) is 8.18. The van der Waals surface area contributed by atoms with E-state index >= 15 is 0 Å². The molecule has 0 bridgehead atoms. The lowest BCUT2D eigenvalue weighted by atomic mass is 9.77. The molecule has 3 aromatic heterocycles. The number of nitrogens with zero attached hydrogens (tertiary/aromatic N) is 7. The lowest BCUT2D eigenvalue weighted by Gasteiger charge is -2.34. The molecule has 0 radical (unpaired) electrons. The number of hydrogen-bond donors (Lipinski definition) is 4. The number of carbonyl (C=O) groups is 5. The van der Waals surface area contributed by atoms with Gasteiger partial charge in [0.15, 0.2) is 11.6 Å². The number of alkyl halides is 2. The zero-order valence-electron chi connectivity index (χ0n) is 43.8. The van der Waals surface area contributed by atoms with Gasteiger partial charge in [-0.05, 0) is 109 Å². The third kappa shape index (κ3) is 11.5. The van der Waals surface area contributed by atoms with Gasteiger partial charge in [0, 0.05) is 111 Å². The SMILES string of the molecule is CNC(=O)N1CCc2c(c(N3CCCc4cc(-c5cnn(C)c5)c(C(F)F)cc43)nn2C2CCN(C(=O)CCCC(=O)N[C@H](C(=O)C3C[C@H](O)C[C@H]3C(=O)NCc3ccc(-c4sccc4C)cc3)C(C)(C)C)CC2)C1. The van der Waals surface area contributed by atoms with Crippen molar-refractivity contribution < 1.29 is 37.9 Å². The Morgan fingerprint density at radius 3 is 2.33 bits per heavy atom. The number of hydrogen-bond acceptors (Lipinski definition) is 10. The fraction of sp³-hybridized carbons (Fsp3) is 0.518. The Labute approximate surface area is 441 Å². The number of aliphatic hydroxyl groups is 1. The third-order valence-corrected chi connectivity index (χ3v) is 16.7. The Bertz CT molecular complexity index is 2920. The number of anilines is 2. The van der Waals surface area contributed by atoms with Crippen molar-refractivity contribution in [1.82, 2.24) is 45.3 Å². The van der Waals surface area contributed by atoms with Crippen molar-refractivity contribution in [1.29, 1.82) is 0 Å². The fourth-order valence-corrected chi connectivity index (χ4v) is 12.5. The zero-order valence-corrected chi connectivity index (χ0v) is 44.7. The minimum Gasteiger partial charge on any atom is -0.393 e. The molecule has 16 nitrogen and oxygen atoms in total. The molecule has 9 rings (SSSR count). The van der Waals surface area contributed by atoms with Gasteiger partial charge in [-0.25, -0.2) is 13.6 Å². The van der Waals surface area contributed by atoms with E-state index in [0.29, 0.717) is 81.0 Å². The maximum absolute atomic E-state index is 14.8. The quantitative estimate of drug-likeness (QED) is 0.0803. The van der Waals surface area contributed by atoms with Crippen LogP contribution in [0, 0.1) is 24.2 Å². The van der Waals surface area contributed by atoms with Crippen molar-refractivity contribution in [3.05, 3.63) is 93.7 Å². The highest BCUT2D eigenvalue weighted by Gasteiger charge is 2.47. The number of urea groups is 1. The number of piperidine rings is 1. The van der Waals surface area contributed by atoms with Gasteiger partial charge in [-0.3, -0.25) is 28.5 Å². The lowest BCUT2D eigenvalue weighted by molar-refractivity contribution is -0.137. The highest BCUT2D eigenvalue weighted by Crippen LogP contribution is 2.44. The van der Waals surface area contributed by atoms with Crippen LogP contribution in [0.2, 0.25) is 0 Å². The number of thiophene rings is 1. The molecular weight excluding hydrogens is 979 g/mol. The molecule has 1 saturated carbocycles. The summed E-state index contributed by atoms with van der Waals surface area (Å²) in [5, 5.41) is 31.0. The van der Waals surface area contributed by atoms with Crippen LogP contribution in [0.4, 0.5) is 25.1 Å². The fourth-order valence-electron chi connectivity index (χ4n) is 11.6. The van der Waals surface area contributed by atoms with E-state index < -0.39 is 35.8 Å². The summed E-state index contributed by atoms with van der Waals surface area (Å²) in [5.74, 6) is -1.88. The number of likely N-dealkylation sites (tertiary alicyclic amines) is 1. The zero-order chi connectivity index (χ0) is 53.3. The predicted molar refractivity (Wildman–Crippen MR) is 283 cm³/mol. The molecule has 19 heteroatoms. The van der Waals surface area contributed by atoms with Gasteiger partial charge < -0.3 is 35.8 Å². The van der Waals surface area contributed by atoms with Gasteiger partial charge in [0.1, 0.15) is 0 Å². The number of aliphatic hydroxyl groups excluding tert-OH is 1. The molecule has 3 aliphatic heterocycles. The number of ketones is 1. The van der Waals surface area contributed by atoms with Crippen LogP contribution in [0.1, 0.15) is 118 Å². The number of fused-ring (bicyclic) bond motifs is 2. The van der Waals surface area contributed by atoms with Crippen LogP contribution in [0.25, 0.3) is 21.6 Å². The van der Waals surface area contributed by atoms with Crippen molar-refractivity contribution in [2.45, 2.75) is 130 Å². The number of nitrogens with one attached hydrogen (secondary N) is 3. The Hall–Kier alpha value is -6.47. The molecule has 75 heavy (non-hydrogen) atoms. The largest absolute Gasteiger partial charge is 0.393 e. The molecule has 6 heterocycles. The van der Waals surface area contributed by atoms with E-state index in [-0.39, 0.29) is 79.8 Å². The van der Waals surface area contributed by atoms with Crippen molar-refractivity contribution in [3.8, 4) is 21.6 Å². The van der Waals surface area contributed by atoms with E-state index in [9.17, 15) is 37.9 Å². The second-order valence-corrected chi connectivity index (χ2v) is 22.8. The van der Waals surface area contributed by atoms with Crippen molar-refractivity contribution >= 4 is 52.4 Å². The molecule has 4 aliphatic rings. The topological polar surface area (TPSA) is 187 Å². The van der Waals surface area contributed by atoms with E-state index in [2.05, 4.69) is 44.1 Å². The lowest BCUT2D eigenvalue weighted by Crippen LogP contribution is -2.52. The first-order valence-electron chi connectivity index (χ1n) is 26.4. The van der Waals surface area contributed by atoms with Gasteiger partial charge in [0.2, 0.25) is 17.7 Å². The maximum atomic E-state index is 14.8. The smallest absolute Gasteiger partial charge is 0.317 e. The summed E-state index contributed by atoms with van der Waals surface area (Å²) >= 11 is 1.68. The normalized spacial score (nSPS) is 19.4. The van der Waals surface area contributed by atoms with E-state index in [1.165, 1.54) is 10.4 Å². The number of amides is 5. The monoisotopic (exact) mass is 1050 g/mol. The van der Waals surface area contributed by atoms with Crippen LogP contribution < -0.4 is 20.9 Å². The van der Waals surface area contributed by atoms with Crippen LogP contribution in [-0.4, -0.2) is 109 Å². The van der Waals surface area contributed by atoms with E-state index in [0.717, 1.165) is 34.4 Å². The number of Topliss-reactive ketones (excluding diaryl/α,β-unsaturated/α-hetero) is 1. The first-order valence-corrected chi connectivity index (χ1v) is 27.2. The summed E-state index contributed by atoms with van der Waals surface area (Å²) < 4.78 is 33.3. The summed E-state index contributed by atoms with van der Waals surface area (Å²) in [4.78, 5) is 74.9.